The lowest BCUT2D eigenvalue weighted by molar-refractivity contribution is -0.237. The highest BCUT2D eigenvalue weighted by atomic mass is 32.2. The predicted molar refractivity (Wildman–Crippen MR) is 256 cm³/mol. The number of allylic oxidation sites excluding steroid dienone is 8. The van der Waals surface area contributed by atoms with Crippen molar-refractivity contribution < 1.29 is 79.2 Å². The van der Waals surface area contributed by atoms with E-state index in [0.29, 0.717) is 23.5 Å². The molecule has 0 saturated heterocycles. The third-order valence-corrected chi connectivity index (χ3v) is 20.3. The molecule has 0 radical (unpaired) electrons. The number of halogens is 6. The van der Waals surface area contributed by atoms with E-state index in [0.717, 1.165) is 12.2 Å². The van der Waals surface area contributed by atoms with Crippen molar-refractivity contribution in [1.82, 2.24) is 0 Å². The Labute approximate surface area is 424 Å². The van der Waals surface area contributed by atoms with Crippen LogP contribution in [0.25, 0.3) is 0 Å². The minimum Gasteiger partial charge on any atom is -0.459 e. The molecule has 398 valence electrons. The molecule has 19 heteroatoms. The molecule has 8 aliphatic rings. The standard InChI is InChI=1S/C28H35F3O6S.C25H31F3O5S/c1-6-22(33)36-21-13-26(5)17(10-15(3)28(26,24(35)38-14-29)37-23(34)7-2)18-12-20(30)19-11-16(32)8-9-25(19,4)27(18,21)31;1-5-20(31)33-25(21(32)34-12-26)13(2)8-15-16-10-18(27)17-9-14(29)6-7-22(17,3)24(16,28)19(30)11-23(15,25)4/h8-9,11,15,17-18,20-21H,6-7,10,12-14H2,1-5H3;6-7,9,13,15-16,18-19,30H,5,8,10-12H2,1-4H3/t15-,17+,18+,20+,21+,25+,26+,27+,28+;13-,15+,16+,18+,19+,22+,23+,24+,25+/m11/s1. The Kier molecular flexibility index (Phi) is 15.1. The minimum absolute atomic E-state index is 0.00341. The first kappa shape index (κ1) is 56.0. The molecule has 0 unspecified atom stereocenters. The van der Waals surface area contributed by atoms with Gasteiger partial charge in [-0.05, 0) is 123 Å². The van der Waals surface area contributed by atoms with Gasteiger partial charge >= 0.3 is 17.9 Å². The van der Waals surface area contributed by atoms with Gasteiger partial charge < -0.3 is 19.3 Å². The first-order chi connectivity index (χ1) is 33.6. The lowest BCUT2D eigenvalue weighted by atomic mass is 9.44. The molecule has 0 aliphatic heterocycles. The van der Waals surface area contributed by atoms with Gasteiger partial charge in [-0.1, -0.05) is 60.6 Å². The van der Waals surface area contributed by atoms with Crippen LogP contribution in [0.1, 0.15) is 120 Å². The lowest BCUT2D eigenvalue weighted by Crippen LogP contribution is -2.71. The summed E-state index contributed by atoms with van der Waals surface area (Å²) in [6.45, 7) is 14.5. The number of hydrogen-bond donors (Lipinski definition) is 1. The maximum Gasteiger partial charge on any atom is 0.306 e. The highest BCUT2D eigenvalue weighted by Gasteiger charge is 2.80. The Morgan fingerprint density at radius 1 is 0.625 bits per heavy atom. The Morgan fingerprint density at radius 3 is 1.42 bits per heavy atom. The summed E-state index contributed by atoms with van der Waals surface area (Å²) in [5, 5.41) is 10.0. The second kappa shape index (κ2) is 19.5. The summed E-state index contributed by atoms with van der Waals surface area (Å²) in [6, 6.07) is -2.06. The van der Waals surface area contributed by atoms with Crippen LogP contribution in [0.4, 0.5) is 26.3 Å². The fourth-order valence-electron chi connectivity index (χ4n) is 15.6. The summed E-state index contributed by atoms with van der Waals surface area (Å²) in [4.78, 5) is 88.8. The molecule has 8 rings (SSSR count). The summed E-state index contributed by atoms with van der Waals surface area (Å²) in [5.74, 6) is -7.41. The van der Waals surface area contributed by atoms with Gasteiger partial charge in [0.05, 0.1) is 6.10 Å². The van der Waals surface area contributed by atoms with E-state index in [1.54, 1.807) is 48.5 Å². The number of hydrogen-bond acceptors (Lipinski definition) is 13. The molecule has 0 aromatic carbocycles. The van der Waals surface area contributed by atoms with Crippen molar-refractivity contribution in [2.75, 3.05) is 12.0 Å². The topological polar surface area (TPSA) is 167 Å². The Morgan fingerprint density at radius 2 is 1.01 bits per heavy atom. The third kappa shape index (κ3) is 7.64. The van der Waals surface area contributed by atoms with E-state index in [1.807, 2.05) is 0 Å². The van der Waals surface area contributed by atoms with Crippen LogP contribution in [0.3, 0.4) is 0 Å². The highest BCUT2D eigenvalue weighted by Crippen LogP contribution is 2.74. The molecule has 0 amide bonds. The first-order valence-electron chi connectivity index (χ1n) is 24.9. The van der Waals surface area contributed by atoms with E-state index in [2.05, 4.69) is 0 Å². The highest BCUT2D eigenvalue weighted by molar-refractivity contribution is 8.14. The van der Waals surface area contributed by atoms with Gasteiger partial charge in [0.2, 0.25) is 10.2 Å². The SMILES string of the molecule is CCC(=O)O[C@H]1C[C@@]2(C)[C@@H](C[C@@H](C)[C@]2(OC(=O)CC)C(=O)SCF)[C@@H]2C[C@H](F)C3=CC(=O)C=C[C@]3(C)[C@@]12F.CCC(=O)O[C@]1(C(=O)SCF)[C@H](C)C[C@H]2[C@@H]3C[C@H](F)C4=CC(=O)C=C[C@]4(C)[C@@]3(F)[C@@H](O)C[C@@]21C. The lowest BCUT2D eigenvalue weighted by Gasteiger charge is -2.63. The van der Waals surface area contributed by atoms with E-state index < -0.39 is 156 Å². The second-order valence-electron chi connectivity index (χ2n) is 22.0. The van der Waals surface area contributed by atoms with Gasteiger partial charge in [-0.25, -0.2) is 26.3 Å². The zero-order valence-electron chi connectivity index (χ0n) is 42.1. The van der Waals surface area contributed by atoms with Crippen molar-refractivity contribution in [2.45, 2.75) is 167 Å². The monoisotopic (exact) mass is 1060 g/mol. The number of rotatable bonds is 10. The molecular weight excluding hydrogens is 991 g/mol. The number of thioether (sulfide) groups is 2. The number of ether oxygens (including phenoxy) is 3. The van der Waals surface area contributed by atoms with Crippen molar-refractivity contribution in [3.63, 3.8) is 0 Å². The Hall–Kier alpha value is -3.71. The average molecular weight is 1060 g/mol. The quantitative estimate of drug-likeness (QED) is 0.125. The van der Waals surface area contributed by atoms with Crippen molar-refractivity contribution >= 4 is 63.2 Å². The molecule has 0 aromatic heterocycles. The van der Waals surface area contributed by atoms with Crippen molar-refractivity contribution in [3.05, 3.63) is 47.6 Å². The van der Waals surface area contributed by atoms with Crippen molar-refractivity contribution in [3.8, 4) is 0 Å². The van der Waals surface area contributed by atoms with Gasteiger partial charge in [0.15, 0.2) is 34.1 Å². The van der Waals surface area contributed by atoms with Crippen LogP contribution in [-0.4, -0.2) is 104 Å². The fraction of sp³-hybridized carbons (Fsp3) is 0.717. The number of carbonyl (C=O) groups excluding carboxylic acids is 7. The molecular formula is C53H66F6O11S2. The van der Waals surface area contributed by atoms with Gasteiger partial charge in [-0.3, -0.25) is 33.6 Å². The molecule has 72 heavy (non-hydrogen) atoms. The summed E-state index contributed by atoms with van der Waals surface area (Å²) < 4.78 is 111. The zero-order chi connectivity index (χ0) is 53.5. The van der Waals surface area contributed by atoms with Crippen molar-refractivity contribution in [2.24, 2.45) is 57.2 Å². The van der Waals surface area contributed by atoms with Crippen LogP contribution in [0.2, 0.25) is 0 Å². The predicted octanol–water partition coefficient (Wildman–Crippen LogP) is 9.82. The van der Waals surface area contributed by atoms with Crippen LogP contribution < -0.4 is 0 Å². The Balaban J connectivity index is 0.000000213. The van der Waals surface area contributed by atoms with Crippen LogP contribution in [-0.2, 0) is 47.8 Å². The molecule has 0 bridgehead atoms. The molecule has 0 aromatic rings. The first-order valence-corrected chi connectivity index (χ1v) is 26.9. The summed E-state index contributed by atoms with van der Waals surface area (Å²) >= 11 is 0.784. The summed E-state index contributed by atoms with van der Waals surface area (Å²) in [7, 11) is 0. The van der Waals surface area contributed by atoms with Gasteiger partial charge in [-0.15, -0.1) is 0 Å². The van der Waals surface area contributed by atoms with E-state index >= 15 is 17.6 Å². The molecule has 8 aliphatic carbocycles. The largest absolute Gasteiger partial charge is 0.459 e. The number of carbonyl (C=O) groups is 7. The fourth-order valence-corrected chi connectivity index (χ4v) is 17.2. The van der Waals surface area contributed by atoms with Crippen LogP contribution in [0.15, 0.2) is 47.6 Å². The number of alkyl halides is 6. The zero-order valence-corrected chi connectivity index (χ0v) is 43.8. The van der Waals surface area contributed by atoms with Gasteiger partial charge in [0.1, 0.15) is 30.5 Å². The van der Waals surface area contributed by atoms with E-state index in [9.17, 15) is 47.4 Å². The molecule has 0 heterocycles. The summed E-state index contributed by atoms with van der Waals surface area (Å²) in [5.41, 5.74) is -13.8. The second-order valence-corrected chi connectivity index (χ2v) is 23.8. The molecule has 18 atom stereocenters. The van der Waals surface area contributed by atoms with Gasteiger partial charge in [0, 0.05) is 64.6 Å². The maximum atomic E-state index is 18.0. The molecule has 1 N–H and O–H groups in total. The van der Waals surface area contributed by atoms with E-state index in [1.165, 1.54) is 38.2 Å². The Bertz CT molecular complexity index is 2420. The summed E-state index contributed by atoms with van der Waals surface area (Å²) in [6.07, 6.45) is 0.427. The maximum absolute atomic E-state index is 18.0. The van der Waals surface area contributed by atoms with Crippen LogP contribution >= 0.6 is 23.5 Å². The molecule has 6 fully saturated rings. The smallest absolute Gasteiger partial charge is 0.306 e. The van der Waals surface area contributed by atoms with Crippen LogP contribution in [0, 0.1) is 57.2 Å². The average Bonchev–Trinajstić information content (AvgIpc) is 3.68. The third-order valence-electron chi connectivity index (χ3n) is 19.0. The van der Waals surface area contributed by atoms with Gasteiger partial charge in [0.25, 0.3) is 0 Å². The number of aliphatic hydroxyl groups excluding tert-OH is 1. The van der Waals surface area contributed by atoms with Gasteiger partial charge in [-0.2, -0.15) is 0 Å². The number of esters is 3. The number of aliphatic hydroxyl groups is 1. The number of ketones is 2. The van der Waals surface area contributed by atoms with E-state index in [4.69, 9.17) is 14.2 Å². The van der Waals surface area contributed by atoms with E-state index in [-0.39, 0.29) is 68.9 Å². The number of fused-ring (bicyclic) bond motifs is 10. The molecule has 0 spiro atoms. The van der Waals surface area contributed by atoms with Crippen LogP contribution in [0.5, 0.6) is 0 Å². The molecule has 6 saturated carbocycles. The molecule has 11 nitrogen and oxygen atoms in total. The minimum atomic E-state index is -2.31. The van der Waals surface area contributed by atoms with Crippen molar-refractivity contribution in [1.29, 1.82) is 0 Å². The normalized spacial score (nSPS) is 45.3.